The standard InChI is InChI=1S/C13H19FN2O/c1-17-13-2-4-16(5-3-13)12-7-10(9-15)6-11(14)8-12/h6-8,13H,2-5,9,15H2,1H3. The zero-order valence-electron chi connectivity index (χ0n) is 10.2. The third-order valence-corrected chi connectivity index (χ3v) is 3.32. The highest BCUT2D eigenvalue weighted by atomic mass is 19.1. The predicted octanol–water partition coefficient (Wildman–Crippen LogP) is 1.90. The van der Waals surface area contributed by atoms with Crippen molar-refractivity contribution in [2.24, 2.45) is 5.73 Å². The van der Waals surface area contributed by atoms with Gasteiger partial charge in [-0.3, -0.25) is 0 Å². The van der Waals surface area contributed by atoms with E-state index in [0.717, 1.165) is 37.2 Å². The van der Waals surface area contributed by atoms with Crippen molar-refractivity contribution < 1.29 is 9.13 Å². The summed E-state index contributed by atoms with van der Waals surface area (Å²) in [5.74, 6) is -0.211. The minimum absolute atomic E-state index is 0.211. The van der Waals surface area contributed by atoms with E-state index in [4.69, 9.17) is 10.5 Å². The molecule has 1 heterocycles. The van der Waals surface area contributed by atoms with Crippen molar-refractivity contribution in [2.75, 3.05) is 25.1 Å². The monoisotopic (exact) mass is 238 g/mol. The Morgan fingerprint density at radius 1 is 1.35 bits per heavy atom. The number of rotatable bonds is 3. The molecule has 2 rings (SSSR count). The maximum absolute atomic E-state index is 13.4. The van der Waals surface area contributed by atoms with Crippen LogP contribution in [0.4, 0.5) is 10.1 Å². The number of anilines is 1. The molecule has 0 saturated carbocycles. The van der Waals surface area contributed by atoms with Gasteiger partial charge in [0.05, 0.1) is 6.10 Å². The number of benzene rings is 1. The number of ether oxygens (including phenoxy) is 1. The van der Waals surface area contributed by atoms with Gasteiger partial charge in [0.25, 0.3) is 0 Å². The second-order valence-electron chi connectivity index (χ2n) is 4.44. The lowest BCUT2D eigenvalue weighted by Gasteiger charge is -2.33. The second kappa shape index (κ2) is 5.47. The summed E-state index contributed by atoms with van der Waals surface area (Å²) >= 11 is 0. The van der Waals surface area contributed by atoms with E-state index in [0.29, 0.717) is 12.6 Å². The highest BCUT2D eigenvalue weighted by Gasteiger charge is 2.19. The molecule has 0 amide bonds. The zero-order chi connectivity index (χ0) is 12.3. The average molecular weight is 238 g/mol. The summed E-state index contributed by atoms with van der Waals surface area (Å²) in [6.07, 6.45) is 2.32. The van der Waals surface area contributed by atoms with Crippen LogP contribution in [0, 0.1) is 5.82 Å². The molecule has 1 aliphatic rings. The molecule has 2 N–H and O–H groups in total. The molecular weight excluding hydrogens is 219 g/mol. The molecule has 4 heteroatoms. The first kappa shape index (κ1) is 12.3. The van der Waals surface area contributed by atoms with E-state index in [1.165, 1.54) is 6.07 Å². The Balaban J connectivity index is 2.10. The van der Waals surface area contributed by atoms with Crippen LogP contribution < -0.4 is 10.6 Å². The van der Waals surface area contributed by atoms with E-state index in [-0.39, 0.29) is 5.82 Å². The van der Waals surface area contributed by atoms with E-state index in [1.54, 1.807) is 13.2 Å². The largest absolute Gasteiger partial charge is 0.381 e. The number of piperidine rings is 1. The van der Waals surface area contributed by atoms with Crippen molar-refractivity contribution in [1.29, 1.82) is 0 Å². The lowest BCUT2D eigenvalue weighted by atomic mass is 10.1. The van der Waals surface area contributed by atoms with Crippen molar-refractivity contribution in [3.63, 3.8) is 0 Å². The fraction of sp³-hybridized carbons (Fsp3) is 0.538. The lowest BCUT2D eigenvalue weighted by Crippen LogP contribution is -2.36. The van der Waals surface area contributed by atoms with Crippen LogP contribution in [0.3, 0.4) is 0 Å². The summed E-state index contributed by atoms with van der Waals surface area (Å²) in [7, 11) is 1.75. The molecule has 0 unspecified atom stereocenters. The Morgan fingerprint density at radius 3 is 2.65 bits per heavy atom. The highest BCUT2D eigenvalue weighted by molar-refractivity contribution is 5.49. The van der Waals surface area contributed by atoms with Crippen molar-refractivity contribution in [2.45, 2.75) is 25.5 Å². The van der Waals surface area contributed by atoms with E-state index in [1.807, 2.05) is 6.07 Å². The lowest BCUT2D eigenvalue weighted by molar-refractivity contribution is 0.0819. The Kier molecular flexibility index (Phi) is 3.97. The minimum atomic E-state index is -0.211. The van der Waals surface area contributed by atoms with Gasteiger partial charge < -0.3 is 15.4 Å². The smallest absolute Gasteiger partial charge is 0.125 e. The summed E-state index contributed by atoms with van der Waals surface area (Å²) in [4.78, 5) is 2.19. The zero-order valence-corrected chi connectivity index (χ0v) is 10.2. The summed E-state index contributed by atoms with van der Waals surface area (Å²) < 4.78 is 18.7. The van der Waals surface area contributed by atoms with Crippen molar-refractivity contribution >= 4 is 5.69 Å². The molecule has 1 saturated heterocycles. The molecule has 1 aromatic rings. The van der Waals surface area contributed by atoms with Gasteiger partial charge in [0.2, 0.25) is 0 Å². The minimum Gasteiger partial charge on any atom is -0.381 e. The van der Waals surface area contributed by atoms with Crippen LogP contribution in [0.2, 0.25) is 0 Å². The molecule has 1 aromatic carbocycles. The van der Waals surface area contributed by atoms with Crippen molar-refractivity contribution in [1.82, 2.24) is 0 Å². The molecule has 0 bridgehead atoms. The van der Waals surface area contributed by atoms with Crippen LogP contribution in [-0.2, 0) is 11.3 Å². The third kappa shape index (κ3) is 2.96. The van der Waals surface area contributed by atoms with Gasteiger partial charge in [0.1, 0.15) is 5.82 Å². The van der Waals surface area contributed by atoms with Gasteiger partial charge in [-0.2, -0.15) is 0 Å². The van der Waals surface area contributed by atoms with Crippen LogP contribution in [0.5, 0.6) is 0 Å². The molecule has 0 spiro atoms. The second-order valence-corrected chi connectivity index (χ2v) is 4.44. The number of methoxy groups -OCH3 is 1. The van der Waals surface area contributed by atoms with Crippen LogP contribution in [0.25, 0.3) is 0 Å². The van der Waals surface area contributed by atoms with E-state index < -0.39 is 0 Å². The Labute approximate surface area is 101 Å². The molecule has 17 heavy (non-hydrogen) atoms. The van der Waals surface area contributed by atoms with Gasteiger partial charge in [-0.15, -0.1) is 0 Å². The quantitative estimate of drug-likeness (QED) is 0.874. The van der Waals surface area contributed by atoms with Crippen LogP contribution in [-0.4, -0.2) is 26.3 Å². The SMILES string of the molecule is COC1CCN(c2cc(F)cc(CN)c2)CC1. The fourth-order valence-electron chi connectivity index (χ4n) is 2.28. The summed E-state index contributed by atoms with van der Waals surface area (Å²) in [5.41, 5.74) is 7.33. The Bertz CT molecular complexity index is 376. The van der Waals surface area contributed by atoms with Crippen LogP contribution in [0.1, 0.15) is 18.4 Å². The molecule has 0 aliphatic carbocycles. The normalized spacial score (nSPS) is 17.5. The van der Waals surface area contributed by atoms with E-state index >= 15 is 0 Å². The number of nitrogens with zero attached hydrogens (tertiary/aromatic N) is 1. The summed E-state index contributed by atoms with van der Waals surface area (Å²) in [6, 6.07) is 5.04. The fourth-order valence-corrected chi connectivity index (χ4v) is 2.28. The van der Waals surface area contributed by atoms with E-state index in [9.17, 15) is 4.39 Å². The molecular formula is C13H19FN2O. The number of hydrogen-bond donors (Lipinski definition) is 1. The first-order valence-electron chi connectivity index (χ1n) is 6.00. The Hall–Kier alpha value is -1.13. The van der Waals surface area contributed by atoms with Crippen LogP contribution in [0.15, 0.2) is 18.2 Å². The van der Waals surface area contributed by atoms with Gasteiger partial charge in [-0.05, 0) is 36.6 Å². The number of hydrogen-bond acceptors (Lipinski definition) is 3. The topological polar surface area (TPSA) is 38.5 Å². The summed E-state index contributed by atoms with van der Waals surface area (Å²) in [6.45, 7) is 2.19. The average Bonchev–Trinajstić information content (AvgIpc) is 2.38. The van der Waals surface area contributed by atoms with Gasteiger partial charge in [-0.25, -0.2) is 4.39 Å². The maximum Gasteiger partial charge on any atom is 0.125 e. The number of nitrogens with two attached hydrogens (primary N) is 1. The van der Waals surface area contributed by atoms with Gasteiger partial charge in [0.15, 0.2) is 0 Å². The molecule has 0 radical (unpaired) electrons. The first-order valence-corrected chi connectivity index (χ1v) is 6.00. The molecule has 94 valence electrons. The highest BCUT2D eigenvalue weighted by Crippen LogP contribution is 2.23. The molecule has 1 fully saturated rings. The van der Waals surface area contributed by atoms with Crippen molar-refractivity contribution in [3.8, 4) is 0 Å². The molecule has 0 atom stereocenters. The van der Waals surface area contributed by atoms with E-state index in [2.05, 4.69) is 4.90 Å². The maximum atomic E-state index is 13.4. The van der Waals surface area contributed by atoms with Crippen LogP contribution >= 0.6 is 0 Å². The van der Waals surface area contributed by atoms with Gasteiger partial charge >= 0.3 is 0 Å². The third-order valence-electron chi connectivity index (χ3n) is 3.32. The van der Waals surface area contributed by atoms with Crippen molar-refractivity contribution in [3.05, 3.63) is 29.6 Å². The first-order chi connectivity index (χ1) is 8.22. The van der Waals surface area contributed by atoms with Gasteiger partial charge in [-0.1, -0.05) is 0 Å². The number of halogens is 1. The molecule has 1 aliphatic heterocycles. The molecule has 3 nitrogen and oxygen atoms in total. The Morgan fingerprint density at radius 2 is 2.06 bits per heavy atom. The van der Waals surface area contributed by atoms with Gasteiger partial charge in [0, 0.05) is 32.4 Å². The molecule has 0 aromatic heterocycles. The predicted molar refractivity (Wildman–Crippen MR) is 66.5 cm³/mol. The summed E-state index contributed by atoms with van der Waals surface area (Å²) in [5, 5.41) is 0.